The van der Waals surface area contributed by atoms with Gasteiger partial charge in [-0.2, -0.15) is 0 Å². The van der Waals surface area contributed by atoms with Gasteiger partial charge >= 0.3 is 0 Å². The average Bonchev–Trinajstić information content (AvgIpc) is 3.90. The molecule has 1 aromatic heterocycles. The Labute approximate surface area is 429 Å². The van der Waals surface area contributed by atoms with Crippen LogP contribution in [0.25, 0.3) is 72.0 Å². The molecule has 0 N–H and O–H groups in total. The van der Waals surface area contributed by atoms with Crippen LogP contribution in [0.2, 0.25) is 0 Å². The molecule has 350 valence electrons. The van der Waals surface area contributed by atoms with Crippen molar-refractivity contribution in [2.45, 2.75) is 26.2 Å². The maximum atomic E-state index is 4.04. The van der Waals surface area contributed by atoms with Gasteiger partial charge in [0.05, 0.1) is 11.0 Å². The first-order valence-corrected chi connectivity index (χ1v) is 25.2. The molecule has 0 aliphatic heterocycles. The zero-order valence-corrected chi connectivity index (χ0v) is 41.5. The van der Waals surface area contributed by atoms with E-state index in [1.54, 1.807) is 0 Å². The lowest BCUT2D eigenvalue weighted by molar-refractivity contribution is 0.660. The van der Waals surface area contributed by atoms with E-state index in [2.05, 4.69) is 303 Å². The molecule has 1 aliphatic rings. The highest BCUT2D eigenvalue weighted by molar-refractivity contribution is 6.12. The minimum Gasteiger partial charge on any atom is -0.310 e. The summed E-state index contributed by atoms with van der Waals surface area (Å²) in [5.74, 6) is 0. The standard InChI is InChI=1S/C70H55N3/c1-5-17-55(18-6-2)73-68-26-16-14-24-63(68)65-48-61(44-46-69(65)73)72(58-37-29-52(30-38-58)50-21-11-8-12-22-50)59-41-33-54(34-42-59)53-31-39-57(40-32-53)71(56-35-27-51(28-36-56)49-19-9-7-10-20-49)60-43-45-67-64(47-60)62-23-13-15-25-66(62)70(67,3)4/h5-48H,1H2,2-4H3/b18-6-,55-17+. The average molecular weight is 938 g/mol. The van der Waals surface area contributed by atoms with Gasteiger partial charge in [0.15, 0.2) is 0 Å². The second-order valence-electron chi connectivity index (χ2n) is 19.4. The summed E-state index contributed by atoms with van der Waals surface area (Å²) in [6.07, 6.45) is 8.16. The van der Waals surface area contributed by atoms with Crippen LogP contribution < -0.4 is 9.80 Å². The van der Waals surface area contributed by atoms with Gasteiger partial charge in [-0.1, -0.05) is 190 Å². The van der Waals surface area contributed by atoms with E-state index in [1.165, 1.54) is 55.3 Å². The third-order valence-electron chi connectivity index (χ3n) is 14.7. The highest BCUT2D eigenvalue weighted by Gasteiger charge is 2.35. The number of hydrogen-bond donors (Lipinski definition) is 0. The molecule has 11 aromatic rings. The van der Waals surface area contributed by atoms with Crippen LogP contribution in [0.15, 0.2) is 274 Å². The van der Waals surface area contributed by atoms with E-state index in [4.69, 9.17) is 0 Å². The number of nitrogens with zero attached hydrogens (tertiary/aromatic N) is 3. The van der Waals surface area contributed by atoms with Crippen LogP contribution in [0.5, 0.6) is 0 Å². The SMILES string of the molecule is C=C/C=C(\C=C/C)n1c2ccccc2c2cc(N(c3ccc(-c4ccccc4)cc3)c3ccc(-c4ccc(N(c5ccc(-c6ccccc6)cc5)c5ccc6c(c5)-c5ccccc5C6(C)C)cc4)cc3)ccc21. The number of fused-ring (bicyclic) bond motifs is 6. The smallest absolute Gasteiger partial charge is 0.0542 e. The largest absolute Gasteiger partial charge is 0.310 e. The lowest BCUT2D eigenvalue weighted by atomic mass is 9.82. The molecule has 3 heteroatoms. The minimum absolute atomic E-state index is 0.0669. The van der Waals surface area contributed by atoms with Crippen molar-refractivity contribution in [3.63, 3.8) is 0 Å². The monoisotopic (exact) mass is 937 g/mol. The summed E-state index contributed by atoms with van der Waals surface area (Å²) in [7, 11) is 0. The maximum Gasteiger partial charge on any atom is 0.0542 e. The first-order chi connectivity index (χ1) is 35.9. The molecule has 0 amide bonds. The molecule has 73 heavy (non-hydrogen) atoms. The minimum atomic E-state index is -0.0669. The number of aromatic nitrogens is 1. The zero-order valence-electron chi connectivity index (χ0n) is 41.5. The third-order valence-corrected chi connectivity index (χ3v) is 14.7. The van der Waals surface area contributed by atoms with Gasteiger partial charge in [0.25, 0.3) is 0 Å². The van der Waals surface area contributed by atoms with E-state index in [9.17, 15) is 0 Å². The summed E-state index contributed by atoms with van der Waals surface area (Å²) < 4.78 is 2.33. The van der Waals surface area contributed by atoms with Crippen molar-refractivity contribution in [3.05, 3.63) is 285 Å². The third kappa shape index (κ3) is 8.15. The summed E-state index contributed by atoms with van der Waals surface area (Å²) in [6.45, 7) is 10.8. The topological polar surface area (TPSA) is 11.4 Å². The lowest BCUT2D eigenvalue weighted by Gasteiger charge is -2.27. The molecule has 10 aromatic carbocycles. The molecule has 0 unspecified atom stereocenters. The predicted molar refractivity (Wildman–Crippen MR) is 312 cm³/mol. The van der Waals surface area contributed by atoms with Crippen molar-refractivity contribution < 1.29 is 0 Å². The molecular formula is C70H55N3. The van der Waals surface area contributed by atoms with Crippen LogP contribution in [0.1, 0.15) is 31.9 Å². The fraction of sp³-hybridized carbons (Fsp3) is 0.0571. The first kappa shape index (κ1) is 45.0. The summed E-state index contributed by atoms with van der Waals surface area (Å²) >= 11 is 0. The van der Waals surface area contributed by atoms with Crippen molar-refractivity contribution in [3.8, 4) is 44.5 Å². The number of para-hydroxylation sites is 1. The quantitative estimate of drug-likeness (QED) is 0.113. The Morgan fingerprint density at radius 1 is 0.397 bits per heavy atom. The van der Waals surface area contributed by atoms with Crippen molar-refractivity contribution >= 4 is 61.6 Å². The van der Waals surface area contributed by atoms with E-state index in [-0.39, 0.29) is 5.41 Å². The van der Waals surface area contributed by atoms with Crippen LogP contribution >= 0.6 is 0 Å². The van der Waals surface area contributed by atoms with Gasteiger partial charge in [0.2, 0.25) is 0 Å². The second-order valence-corrected chi connectivity index (χ2v) is 19.4. The number of allylic oxidation sites excluding steroid dienone is 5. The fourth-order valence-corrected chi connectivity index (χ4v) is 11.1. The molecule has 0 saturated carbocycles. The molecular weight excluding hydrogens is 883 g/mol. The molecule has 12 rings (SSSR count). The van der Waals surface area contributed by atoms with Crippen molar-refractivity contribution in [1.29, 1.82) is 0 Å². The summed E-state index contributed by atoms with van der Waals surface area (Å²) in [6, 6.07) is 88.6. The van der Waals surface area contributed by atoms with Crippen LogP contribution in [-0.4, -0.2) is 4.57 Å². The van der Waals surface area contributed by atoms with E-state index >= 15 is 0 Å². The Morgan fingerprint density at radius 3 is 1.33 bits per heavy atom. The van der Waals surface area contributed by atoms with Crippen molar-refractivity contribution in [1.82, 2.24) is 4.57 Å². The van der Waals surface area contributed by atoms with Gasteiger partial charge < -0.3 is 14.4 Å². The summed E-state index contributed by atoms with van der Waals surface area (Å²) in [4.78, 5) is 4.76. The van der Waals surface area contributed by atoms with Crippen LogP contribution in [-0.2, 0) is 5.41 Å². The molecule has 0 fully saturated rings. The molecule has 0 saturated heterocycles. The van der Waals surface area contributed by atoms with Crippen LogP contribution in [0.3, 0.4) is 0 Å². The Hall–Kier alpha value is -9.18. The highest BCUT2D eigenvalue weighted by Crippen LogP contribution is 2.51. The van der Waals surface area contributed by atoms with Gasteiger partial charge in [0.1, 0.15) is 0 Å². The van der Waals surface area contributed by atoms with E-state index < -0.39 is 0 Å². The van der Waals surface area contributed by atoms with Crippen LogP contribution in [0, 0.1) is 0 Å². The van der Waals surface area contributed by atoms with E-state index in [0.29, 0.717) is 0 Å². The van der Waals surface area contributed by atoms with Gasteiger partial charge in [-0.15, -0.1) is 0 Å². The van der Waals surface area contributed by atoms with Crippen molar-refractivity contribution in [2.75, 3.05) is 9.80 Å². The van der Waals surface area contributed by atoms with Gasteiger partial charge in [-0.05, 0) is 160 Å². The normalized spacial score (nSPS) is 12.8. The van der Waals surface area contributed by atoms with Crippen LogP contribution in [0.4, 0.5) is 34.1 Å². The molecule has 1 aliphatic carbocycles. The highest BCUT2D eigenvalue weighted by atomic mass is 15.1. The number of anilines is 6. The maximum absolute atomic E-state index is 4.04. The lowest BCUT2D eigenvalue weighted by Crippen LogP contribution is -2.15. The van der Waals surface area contributed by atoms with Gasteiger partial charge in [0, 0.05) is 56.0 Å². The second kappa shape index (κ2) is 18.9. The zero-order chi connectivity index (χ0) is 49.5. The number of hydrogen-bond acceptors (Lipinski definition) is 2. The Bertz CT molecular complexity index is 3860. The Kier molecular flexibility index (Phi) is 11.6. The molecule has 0 bridgehead atoms. The Balaban J connectivity index is 0.920. The molecule has 0 radical (unpaired) electrons. The van der Waals surface area contributed by atoms with Gasteiger partial charge in [-0.3, -0.25) is 0 Å². The molecule has 0 atom stereocenters. The summed E-state index contributed by atoms with van der Waals surface area (Å²) in [5, 5.41) is 2.38. The van der Waals surface area contributed by atoms with E-state index in [1.807, 2.05) is 6.08 Å². The molecule has 0 spiro atoms. The Morgan fingerprint density at radius 2 is 0.808 bits per heavy atom. The number of benzene rings is 10. The number of rotatable bonds is 12. The molecule has 1 heterocycles. The fourth-order valence-electron chi connectivity index (χ4n) is 11.1. The molecule has 3 nitrogen and oxygen atoms in total. The van der Waals surface area contributed by atoms with E-state index in [0.717, 1.165) is 62.0 Å². The first-order valence-electron chi connectivity index (χ1n) is 25.2. The van der Waals surface area contributed by atoms with Crippen molar-refractivity contribution in [2.24, 2.45) is 0 Å². The predicted octanol–water partition coefficient (Wildman–Crippen LogP) is 19.6. The van der Waals surface area contributed by atoms with Gasteiger partial charge in [-0.25, -0.2) is 0 Å². The summed E-state index contributed by atoms with van der Waals surface area (Å²) in [5.41, 5.74) is 22.3.